The van der Waals surface area contributed by atoms with Crippen LogP contribution in [0.5, 0.6) is 0 Å². The largest absolute Gasteiger partial charge is 0.326 e. The zero-order chi connectivity index (χ0) is 19.9. The zero-order valence-corrected chi connectivity index (χ0v) is 15.9. The Morgan fingerprint density at radius 1 is 0.964 bits per heavy atom. The van der Waals surface area contributed by atoms with Crippen LogP contribution in [0, 0.1) is 0 Å². The molecule has 28 heavy (non-hydrogen) atoms. The van der Waals surface area contributed by atoms with Gasteiger partial charge in [0.25, 0.3) is 0 Å². The van der Waals surface area contributed by atoms with Gasteiger partial charge in [-0.15, -0.1) is 0 Å². The summed E-state index contributed by atoms with van der Waals surface area (Å²) in [4.78, 5) is 28.4. The molecule has 1 aromatic heterocycles. The Balaban J connectivity index is 1.52. The van der Waals surface area contributed by atoms with Crippen molar-refractivity contribution < 1.29 is 9.59 Å². The van der Waals surface area contributed by atoms with E-state index in [0.717, 1.165) is 5.56 Å². The maximum Gasteiger partial charge on any atom is 0.249 e. The van der Waals surface area contributed by atoms with Gasteiger partial charge in [-0.3, -0.25) is 9.59 Å². The maximum atomic E-state index is 12.3. The van der Waals surface area contributed by atoms with E-state index in [0.29, 0.717) is 17.8 Å². The molecule has 0 fully saturated rings. The molecular weight excluding hydrogens is 354 g/mol. The molecule has 7 heteroatoms. The summed E-state index contributed by atoms with van der Waals surface area (Å²) in [6.45, 7) is 3.77. The van der Waals surface area contributed by atoms with Gasteiger partial charge in [-0.25, -0.2) is 9.67 Å². The number of carbonyl (C=O) groups is 2. The molecule has 3 aromatic rings. The van der Waals surface area contributed by atoms with Crippen LogP contribution < -0.4 is 10.6 Å². The van der Waals surface area contributed by atoms with Crippen molar-refractivity contribution in [2.24, 2.45) is 0 Å². The molecule has 0 aliphatic carbocycles. The Kier molecular flexibility index (Phi) is 6.16. The molecule has 0 saturated heterocycles. The molecule has 0 unspecified atom stereocenters. The van der Waals surface area contributed by atoms with E-state index < -0.39 is 6.04 Å². The maximum absolute atomic E-state index is 12.3. The first-order chi connectivity index (χ1) is 13.5. The lowest BCUT2D eigenvalue weighted by molar-refractivity contribution is -0.119. The van der Waals surface area contributed by atoms with Gasteiger partial charge in [0, 0.05) is 17.8 Å². The first kappa shape index (κ1) is 19.3. The van der Waals surface area contributed by atoms with Crippen molar-refractivity contribution in [1.82, 2.24) is 14.8 Å². The minimum Gasteiger partial charge on any atom is -0.326 e. The van der Waals surface area contributed by atoms with Crippen molar-refractivity contribution in [1.29, 1.82) is 0 Å². The summed E-state index contributed by atoms with van der Waals surface area (Å²) in [5.41, 5.74) is 2.47. The molecule has 2 aromatic carbocycles. The second-order valence-electron chi connectivity index (χ2n) is 6.68. The number of amides is 2. The van der Waals surface area contributed by atoms with Gasteiger partial charge in [0.05, 0.1) is 0 Å². The van der Waals surface area contributed by atoms with E-state index in [1.54, 1.807) is 31.2 Å². The Bertz CT molecular complexity index is 908. The number of aromatic nitrogens is 3. The fourth-order valence-corrected chi connectivity index (χ4v) is 2.81. The normalized spacial score (nSPS) is 12.8. The van der Waals surface area contributed by atoms with Gasteiger partial charge >= 0.3 is 0 Å². The summed E-state index contributed by atoms with van der Waals surface area (Å²) in [5, 5.41) is 9.69. The lowest BCUT2D eigenvalue weighted by atomic mass is 9.97. The number of hydrogen-bond acceptors (Lipinski definition) is 4. The van der Waals surface area contributed by atoms with Crippen molar-refractivity contribution >= 4 is 23.2 Å². The molecular formula is C21H23N5O2. The van der Waals surface area contributed by atoms with Crippen LogP contribution in [0.3, 0.4) is 0 Å². The Morgan fingerprint density at radius 2 is 1.61 bits per heavy atom. The van der Waals surface area contributed by atoms with Gasteiger partial charge in [-0.2, -0.15) is 5.10 Å². The van der Waals surface area contributed by atoms with Crippen LogP contribution in [-0.2, 0) is 9.59 Å². The van der Waals surface area contributed by atoms with Crippen molar-refractivity contribution in [2.75, 3.05) is 10.6 Å². The average molecular weight is 377 g/mol. The number of benzene rings is 2. The van der Waals surface area contributed by atoms with E-state index in [1.165, 1.54) is 17.3 Å². The molecule has 2 amide bonds. The molecule has 2 atom stereocenters. The minimum atomic E-state index is -0.471. The molecule has 0 spiro atoms. The first-order valence-corrected chi connectivity index (χ1v) is 9.13. The topological polar surface area (TPSA) is 88.9 Å². The molecule has 3 rings (SSSR count). The summed E-state index contributed by atoms with van der Waals surface area (Å²) >= 11 is 0. The summed E-state index contributed by atoms with van der Waals surface area (Å²) in [6, 6.07) is 16.5. The number of anilines is 2. The smallest absolute Gasteiger partial charge is 0.249 e. The van der Waals surface area contributed by atoms with Gasteiger partial charge < -0.3 is 10.6 Å². The first-order valence-electron chi connectivity index (χ1n) is 9.13. The molecule has 0 aliphatic rings. The third kappa shape index (κ3) is 5.03. The fourth-order valence-electron chi connectivity index (χ4n) is 2.81. The highest BCUT2D eigenvalue weighted by atomic mass is 16.2. The molecule has 7 nitrogen and oxygen atoms in total. The highest BCUT2D eigenvalue weighted by Gasteiger charge is 2.15. The quantitative estimate of drug-likeness (QED) is 0.658. The SMILES string of the molecule is C[C@@H](CC(=O)Nc1ccc(NC(=O)[C@H](C)n2cncn2)cc1)c1ccccc1. The van der Waals surface area contributed by atoms with E-state index in [4.69, 9.17) is 0 Å². The molecule has 0 aliphatic heterocycles. The second-order valence-corrected chi connectivity index (χ2v) is 6.68. The van der Waals surface area contributed by atoms with Gasteiger partial charge in [-0.05, 0) is 42.7 Å². The molecule has 0 radical (unpaired) electrons. The summed E-state index contributed by atoms with van der Waals surface area (Å²) in [5.74, 6) is -0.107. The lowest BCUT2D eigenvalue weighted by Crippen LogP contribution is -2.24. The summed E-state index contributed by atoms with van der Waals surface area (Å²) < 4.78 is 1.48. The van der Waals surface area contributed by atoms with Crippen LogP contribution in [0.4, 0.5) is 11.4 Å². The summed E-state index contributed by atoms with van der Waals surface area (Å²) in [7, 11) is 0. The van der Waals surface area contributed by atoms with Crippen molar-refractivity contribution in [2.45, 2.75) is 32.2 Å². The average Bonchev–Trinajstić information content (AvgIpc) is 3.24. The predicted molar refractivity (Wildman–Crippen MR) is 108 cm³/mol. The van der Waals surface area contributed by atoms with Crippen LogP contribution in [0.2, 0.25) is 0 Å². The number of nitrogens with zero attached hydrogens (tertiary/aromatic N) is 3. The lowest BCUT2D eigenvalue weighted by Gasteiger charge is -2.13. The van der Waals surface area contributed by atoms with E-state index in [2.05, 4.69) is 20.7 Å². The standard InChI is InChI=1S/C21H23N5O2/c1-15(17-6-4-3-5-7-17)12-20(27)24-18-8-10-19(11-9-18)25-21(28)16(2)26-14-22-13-23-26/h3-11,13-16H,12H2,1-2H3,(H,24,27)(H,25,28)/t15-,16-/m0/s1. The zero-order valence-electron chi connectivity index (χ0n) is 15.9. The highest BCUT2D eigenvalue weighted by molar-refractivity contribution is 5.94. The van der Waals surface area contributed by atoms with Crippen LogP contribution in [0.25, 0.3) is 0 Å². The Hall–Kier alpha value is -3.48. The van der Waals surface area contributed by atoms with Gasteiger partial charge in [0.1, 0.15) is 18.7 Å². The van der Waals surface area contributed by atoms with Crippen LogP contribution in [0.15, 0.2) is 67.3 Å². The molecule has 2 N–H and O–H groups in total. The number of carbonyl (C=O) groups excluding carboxylic acids is 2. The van der Waals surface area contributed by atoms with Crippen molar-refractivity contribution in [3.05, 3.63) is 72.8 Å². The highest BCUT2D eigenvalue weighted by Crippen LogP contribution is 2.20. The van der Waals surface area contributed by atoms with Gasteiger partial charge in [0.15, 0.2) is 0 Å². The Morgan fingerprint density at radius 3 is 2.21 bits per heavy atom. The third-order valence-corrected chi connectivity index (χ3v) is 4.51. The second kappa shape index (κ2) is 8.94. The molecule has 144 valence electrons. The van der Waals surface area contributed by atoms with Crippen molar-refractivity contribution in [3.63, 3.8) is 0 Å². The van der Waals surface area contributed by atoms with Crippen LogP contribution in [-0.4, -0.2) is 26.6 Å². The number of hydrogen-bond donors (Lipinski definition) is 2. The molecule has 0 bridgehead atoms. The Labute approximate surface area is 163 Å². The molecule has 1 heterocycles. The van der Waals surface area contributed by atoms with E-state index in [9.17, 15) is 9.59 Å². The van der Waals surface area contributed by atoms with Crippen LogP contribution in [0.1, 0.15) is 37.8 Å². The van der Waals surface area contributed by atoms with Crippen LogP contribution >= 0.6 is 0 Å². The monoisotopic (exact) mass is 377 g/mol. The minimum absolute atomic E-state index is 0.0482. The summed E-state index contributed by atoms with van der Waals surface area (Å²) in [6.07, 6.45) is 3.29. The molecule has 0 saturated carbocycles. The number of rotatable bonds is 7. The third-order valence-electron chi connectivity index (χ3n) is 4.51. The van der Waals surface area contributed by atoms with E-state index >= 15 is 0 Å². The van der Waals surface area contributed by atoms with E-state index in [1.807, 2.05) is 37.3 Å². The van der Waals surface area contributed by atoms with Gasteiger partial charge in [0.2, 0.25) is 11.8 Å². The fraction of sp³-hybridized carbons (Fsp3) is 0.238. The van der Waals surface area contributed by atoms with Crippen molar-refractivity contribution in [3.8, 4) is 0 Å². The van der Waals surface area contributed by atoms with E-state index in [-0.39, 0.29) is 17.7 Å². The number of nitrogens with one attached hydrogen (secondary N) is 2. The predicted octanol–water partition coefficient (Wildman–Crippen LogP) is 3.61. The van der Waals surface area contributed by atoms with Gasteiger partial charge in [-0.1, -0.05) is 37.3 Å².